The highest BCUT2D eigenvalue weighted by Crippen LogP contribution is 2.28. The van der Waals surface area contributed by atoms with Gasteiger partial charge in [-0.05, 0) is 45.2 Å². The Kier molecular flexibility index (Phi) is 3.60. The van der Waals surface area contributed by atoms with Crippen LogP contribution in [0.4, 0.5) is 5.69 Å². The summed E-state index contributed by atoms with van der Waals surface area (Å²) in [5.41, 5.74) is 1.11. The van der Waals surface area contributed by atoms with Crippen molar-refractivity contribution in [2.24, 2.45) is 0 Å². The van der Waals surface area contributed by atoms with Crippen molar-refractivity contribution in [1.29, 1.82) is 0 Å². The van der Waals surface area contributed by atoms with Crippen LogP contribution in [-0.4, -0.2) is 25.1 Å². The van der Waals surface area contributed by atoms with Gasteiger partial charge in [0.05, 0.1) is 4.92 Å². The fourth-order valence-electron chi connectivity index (χ4n) is 1.96. The summed E-state index contributed by atoms with van der Waals surface area (Å²) in [7, 11) is 0. The van der Waals surface area contributed by atoms with Gasteiger partial charge in [0, 0.05) is 15.2 Å². The summed E-state index contributed by atoms with van der Waals surface area (Å²) in [4.78, 5) is 10.7. The molecule has 0 saturated heterocycles. The van der Waals surface area contributed by atoms with Crippen molar-refractivity contribution in [1.82, 2.24) is 20.2 Å². The van der Waals surface area contributed by atoms with Gasteiger partial charge in [-0.15, -0.1) is 5.10 Å². The van der Waals surface area contributed by atoms with Gasteiger partial charge in [0.1, 0.15) is 5.69 Å². The van der Waals surface area contributed by atoms with Crippen LogP contribution in [0.1, 0.15) is 0 Å². The first-order chi connectivity index (χ1) is 10.2. The third-order valence-corrected chi connectivity index (χ3v) is 3.83. The number of nitrogens with zero attached hydrogens (tertiary/aromatic N) is 5. The molecule has 3 rings (SSSR count). The molecule has 0 radical (unpaired) electrons. The van der Waals surface area contributed by atoms with Gasteiger partial charge in [0.15, 0.2) is 5.82 Å². The van der Waals surface area contributed by atoms with Crippen molar-refractivity contribution in [2.75, 3.05) is 0 Å². The van der Waals surface area contributed by atoms with Crippen LogP contribution in [0.2, 0.25) is 0 Å². The third kappa shape index (κ3) is 2.49. The van der Waals surface area contributed by atoms with Crippen LogP contribution in [0.15, 0.2) is 48.5 Å². The quantitative estimate of drug-likeness (QED) is 0.388. The number of benzene rings is 2. The molecule has 0 spiro atoms. The van der Waals surface area contributed by atoms with E-state index in [1.165, 1.54) is 10.7 Å². The molecule has 7 nitrogen and oxygen atoms in total. The molecule has 2 aromatic carbocycles. The average molecular weight is 393 g/mol. The van der Waals surface area contributed by atoms with E-state index in [-0.39, 0.29) is 5.69 Å². The highest BCUT2D eigenvalue weighted by molar-refractivity contribution is 14.1. The van der Waals surface area contributed by atoms with Gasteiger partial charge >= 0.3 is 0 Å². The second-order valence-corrected chi connectivity index (χ2v) is 5.30. The Hall–Kier alpha value is -2.36. The smallest absolute Gasteiger partial charge is 0.258 e. The molecule has 0 N–H and O–H groups in total. The minimum Gasteiger partial charge on any atom is -0.258 e. The number of para-hydroxylation sites is 2. The van der Waals surface area contributed by atoms with Crippen molar-refractivity contribution in [3.05, 3.63) is 62.2 Å². The molecule has 1 heterocycles. The molecule has 104 valence electrons. The Bertz CT molecular complexity index is 818. The summed E-state index contributed by atoms with van der Waals surface area (Å²) < 4.78 is 2.35. The van der Waals surface area contributed by atoms with Gasteiger partial charge in [0.2, 0.25) is 0 Å². The fraction of sp³-hybridized carbons (Fsp3) is 0. The normalized spacial score (nSPS) is 10.5. The van der Waals surface area contributed by atoms with Crippen molar-refractivity contribution >= 4 is 28.3 Å². The number of tetrazole rings is 1. The molecule has 0 atom stereocenters. The molecule has 0 fully saturated rings. The first kappa shape index (κ1) is 13.6. The van der Waals surface area contributed by atoms with E-state index < -0.39 is 4.92 Å². The number of aromatic nitrogens is 4. The zero-order chi connectivity index (χ0) is 14.8. The molecule has 0 saturated carbocycles. The van der Waals surface area contributed by atoms with Gasteiger partial charge < -0.3 is 0 Å². The van der Waals surface area contributed by atoms with Crippen LogP contribution in [0.25, 0.3) is 17.1 Å². The van der Waals surface area contributed by atoms with Crippen molar-refractivity contribution < 1.29 is 4.92 Å². The SMILES string of the molecule is O=[N+]([O-])c1ccccc1-n1nnnc1-c1ccccc1I. The largest absolute Gasteiger partial charge is 0.295 e. The molecule has 3 aromatic rings. The topological polar surface area (TPSA) is 86.7 Å². The maximum absolute atomic E-state index is 11.2. The van der Waals surface area contributed by atoms with E-state index in [0.717, 1.165) is 9.13 Å². The number of nitro benzene ring substituents is 1. The van der Waals surface area contributed by atoms with Gasteiger partial charge in [-0.3, -0.25) is 10.1 Å². The van der Waals surface area contributed by atoms with Gasteiger partial charge in [-0.1, -0.05) is 30.3 Å². The summed E-state index contributed by atoms with van der Waals surface area (Å²) in [6.45, 7) is 0. The van der Waals surface area contributed by atoms with Gasteiger partial charge in [0.25, 0.3) is 5.69 Å². The first-order valence-electron chi connectivity index (χ1n) is 5.95. The van der Waals surface area contributed by atoms with E-state index in [1.807, 2.05) is 24.3 Å². The Balaban J connectivity index is 2.22. The van der Waals surface area contributed by atoms with Gasteiger partial charge in [-0.25, -0.2) is 0 Å². The summed E-state index contributed by atoms with van der Waals surface area (Å²) in [5.74, 6) is 0.467. The minimum absolute atomic E-state index is 0.0445. The first-order valence-corrected chi connectivity index (χ1v) is 7.03. The van der Waals surface area contributed by atoms with Crippen LogP contribution in [0.5, 0.6) is 0 Å². The number of hydrogen-bond acceptors (Lipinski definition) is 5. The number of hydrogen-bond donors (Lipinski definition) is 0. The summed E-state index contributed by atoms with van der Waals surface area (Å²) in [6.07, 6.45) is 0. The number of nitro groups is 1. The Morgan fingerprint density at radius 2 is 1.81 bits per heavy atom. The second kappa shape index (κ2) is 5.56. The van der Waals surface area contributed by atoms with Crippen LogP contribution in [0, 0.1) is 13.7 Å². The second-order valence-electron chi connectivity index (χ2n) is 4.14. The zero-order valence-electron chi connectivity index (χ0n) is 10.5. The highest BCUT2D eigenvalue weighted by atomic mass is 127. The summed E-state index contributed by atoms with van der Waals surface area (Å²) in [5, 5.41) is 22.7. The Morgan fingerprint density at radius 1 is 1.10 bits per heavy atom. The van der Waals surface area contributed by atoms with Crippen LogP contribution >= 0.6 is 22.6 Å². The molecule has 21 heavy (non-hydrogen) atoms. The zero-order valence-corrected chi connectivity index (χ0v) is 12.7. The summed E-state index contributed by atoms with van der Waals surface area (Å²) in [6, 6.07) is 13.9. The molecule has 0 aliphatic heterocycles. The maximum atomic E-state index is 11.2. The lowest BCUT2D eigenvalue weighted by Crippen LogP contribution is -2.04. The molecular weight excluding hydrogens is 385 g/mol. The van der Waals surface area contributed by atoms with E-state index in [0.29, 0.717) is 11.5 Å². The number of rotatable bonds is 3. The molecular formula is C13H8IN5O2. The van der Waals surface area contributed by atoms with E-state index >= 15 is 0 Å². The van der Waals surface area contributed by atoms with Crippen molar-refractivity contribution in [2.45, 2.75) is 0 Å². The molecule has 0 unspecified atom stereocenters. The number of halogens is 1. The lowest BCUT2D eigenvalue weighted by Gasteiger charge is -2.06. The van der Waals surface area contributed by atoms with E-state index in [9.17, 15) is 10.1 Å². The average Bonchev–Trinajstić information content (AvgIpc) is 2.96. The predicted molar refractivity (Wildman–Crippen MR) is 84.0 cm³/mol. The summed E-state index contributed by atoms with van der Waals surface area (Å²) >= 11 is 2.18. The molecule has 0 bridgehead atoms. The molecule has 0 amide bonds. The van der Waals surface area contributed by atoms with E-state index in [4.69, 9.17) is 0 Å². The third-order valence-electron chi connectivity index (χ3n) is 2.89. The molecule has 8 heteroatoms. The van der Waals surface area contributed by atoms with Crippen LogP contribution < -0.4 is 0 Å². The van der Waals surface area contributed by atoms with E-state index in [2.05, 4.69) is 38.1 Å². The predicted octanol–water partition coefficient (Wildman–Crippen LogP) is 2.84. The highest BCUT2D eigenvalue weighted by Gasteiger charge is 2.20. The van der Waals surface area contributed by atoms with Gasteiger partial charge in [-0.2, -0.15) is 4.68 Å². The van der Waals surface area contributed by atoms with Crippen LogP contribution in [0.3, 0.4) is 0 Å². The Morgan fingerprint density at radius 3 is 2.57 bits per heavy atom. The lowest BCUT2D eigenvalue weighted by molar-refractivity contribution is -0.384. The standard InChI is InChI=1S/C13H8IN5O2/c14-10-6-2-1-5-9(10)13-15-16-17-18(13)11-7-3-4-8-12(11)19(20)21/h1-8H. The minimum atomic E-state index is -0.448. The monoisotopic (exact) mass is 393 g/mol. The Labute approximate surface area is 132 Å². The molecule has 0 aliphatic carbocycles. The fourth-order valence-corrected chi connectivity index (χ4v) is 2.59. The van der Waals surface area contributed by atoms with Crippen LogP contribution in [-0.2, 0) is 0 Å². The molecule has 0 aliphatic rings. The molecule has 1 aromatic heterocycles. The lowest BCUT2D eigenvalue weighted by atomic mass is 10.2. The van der Waals surface area contributed by atoms with Crippen molar-refractivity contribution in [3.8, 4) is 17.1 Å². The van der Waals surface area contributed by atoms with Crippen molar-refractivity contribution in [3.63, 3.8) is 0 Å². The maximum Gasteiger partial charge on any atom is 0.295 e. The van der Waals surface area contributed by atoms with E-state index in [1.54, 1.807) is 18.2 Å².